The van der Waals surface area contributed by atoms with E-state index in [0.717, 1.165) is 0 Å². The normalized spacial score (nSPS) is 11.4. The molecule has 1 rings (SSSR count). The average molecular weight is 267 g/mol. The summed E-state index contributed by atoms with van der Waals surface area (Å²) < 4.78 is 57.6. The third-order valence-corrected chi connectivity index (χ3v) is 1.79. The Balaban J connectivity index is 2.56. The van der Waals surface area contributed by atoms with Gasteiger partial charge in [0.25, 0.3) is 0 Å². The lowest BCUT2D eigenvalue weighted by Gasteiger charge is -2.15. The molecule has 0 aliphatic carbocycles. The highest BCUT2D eigenvalue weighted by Gasteiger charge is 2.41. The zero-order valence-electron chi connectivity index (χ0n) is 8.91. The first kappa shape index (κ1) is 14.1. The third kappa shape index (κ3) is 4.11. The molecule has 0 saturated heterocycles. The predicted molar refractivity (Wildman–Crippen MR) is 53.1 cm³/mol. The van der Waals surface area contributed by atoms with Crippen LogP contribution in [-0.2, 0) is 0 Å². The maximum absolute atomic E-state index is 12.5. The van der Waals surface area contributed by atoms with Crippen molar-refractivity contribution in [2.24, 2.45) is 5.73 Å². The second-order valence-electron chi connectivity index (χ2n) is 3.24. The van der Waals surface area contributed by atoms with E-state index in [-0.39, 0.29) is 11.5 Å². The van der Waals surface area contributed by atoms with E-state index in [9.17, 15) is 22.4 Å². The van der Waals surface area contributed by atoms with E-state index in [1.807, 2.05) is 0 Å². The molecule has 0 unspecified atom stereocenters. The first-order chi connectivity index (χ1) is 8.31. The summed E-state index contributed by atoms with van der Waals surface area (Å²) in [6.45, 7) is -1.44. The molecule has 0 saturated carbocycles. The molecule has 1 amide bonds. The van der Waals surface area contributed by atoms with Gasteiger partial charge < -0.3 is 15.2 Å². The van der Waals surface area contributed by atoms with Gasteiger partial charge in [-0.05, 0) is 24.3 Å². The van der Waals surface area contributed by atoms with Gasteiger partial charge >= 0.3 is 18.4 Å². The summed E-state index contributed by atoms with van der Waals surface area (Å²) in [6.07, 6.45) is -4.83. The Labute approximate surface area is 99.3 Å². The summed E-state index contributed by atoms with van der Waals surface area (Å²) in [6, 6.07) is 4.81. The Hall–Kier alpha value is -1.99. The highest BCUT2D eigenvalue weighted by atomic mass is 19.3. The highest BCUT2D eigenvalue weighted by Crippen LogP contribution is 2.25. The van der Waals surface area contributed by atoms with Crippen molar-refractivity contribution in [3.63, 3.8) is 0 Å². The molecule has 2 N–H and O–H groups in total. The molecular formula is C10H9F4NO3. The Bertz CT molecular complexity index is 408. The van der Waals surface area contributed by atoms with Gasteiger partial charge in [0.1, 0.15) is 11.5 Å². The number of benzene rings is 1. The molecule has 0 radical (unpaired) electrons. The number of primary amides is 1. The topological polar surface area (TPSA) is 61.6 Å². The lowest BCUT2D eigenvalue weighted by Crippen LogP contribution is -2.33. The lowest BCUT2D eigenvalue weighted by molar-refractivity contribution is -0.148. The number of carbonyl (C=O) groups excluding carboxylic acids is 1. The first-order valence-electron chi connectivity index (χ1n) is 4.67. The van der Waals surface area contributed by atoms with Gasteiger partial charge in [0.15, 0.2) is 6.61 Å². The molecule has 8 heteroatoms. The molecule has 0 fully saturated rings. The number of carbonyl (C=O) groups is 1. The van der Waals surface area contributed by atoms with Gasteiger partial charge in [-0.1, -0.05) is 0 Å². The van der Waals surface area contributed by atoms with Gasteiger partial charge in [-0.25, -0.2) is 13.6 Å². The van der Waals surface area contributed by atoms with Crippen LogP contribution in [0.2, 0.25) is 0 Å². The average Bonchev–Trinajstić information content (AvgIpc) is 2.27. The van der Waals surface area contributed by atoms with Crippen LogP contribution in [-0.4, -0.2) is 25.0 Å². The number of amides is 1. The van der Waals surface area contributed by atoms with Crippen molar-refractivity contribution >= 4 is 6.09 Å². The summed E-state index contributed by atoms with van der Waals surface area (Å²) in [5.74, 6) is -4.20. The fourth-order valence-electron chi connectivity index (χ4n) is 0.963. The van der Waals surface area contributed by atoms with Crippen LogP contribution in [0.5, 0.6) is 11.5 Å². The number of ether oxygens (including phenoxy) is 2. The molecule has 0 aliphatic heterocycles. The van der Waals surface area contributed by atoms with E-state index in [0.29, 0.717) is 0 Å². The van der Waals surface area contributed by atoms with Crippen LogP contribution in [0, 0.1) is 0 Å². The molecule has 1 aromatic carbocycles. The van der Waals surface area contributed by atoms with E-state index in [1.165, 1.54) is 24.3 Å². The van der Waals surface area contributed by atoms with Crippen LogP contribution in [0.1, 0.15) is 0 Å². The number of alkyl halides is 4. The Morgan fingerprint density at radius 2 is 1.72 bits per heavy atom. The van der Waals surface area contributed by atoms with E-state index in [1.54, 1.807) is 0 Å². The predicted octanol–water partition coefficient (Wildman–Crippen LogP) is 2.42. The molecule has 1 aromatic rings. The van der Waals surface area contributed by atoms with E-state index < -0.39 is 25.0 Å². The lowest BCUT2D eigenvalue weighted by atomic mass is 10.3. The summed E-state index contributed by atoms with van der Waals surface area (Å²) >= 11 is 0. The molecule has 0 bridgehead atoms. The second-order valence-corrected chi connectivity index (χ2v) is 3.24. The van der Waals surface area contributed by atoms with Crippen molar-refractivity contribution in [3.8, 4) is 11.5 Å². The molecule has 0 heterocycles. The minimum absolute atomic E-state index is 0.0628. The monoisotopic (exact) mass is 267 g/mol. The van der Waals surface area contributed by atoms with Crippen molar-refractivity contribution in [2.75, 3.05) is 6.61 Å². The second kappa shape index (κ2) is 5.56. The highest BCUT2D eigenvalue weighted by molar-refractivity contribution is 5.68. The molecule has 100 valence electrons. The van der Waals surface area contributed by atoms with Gasteiger partial charge in [-0.2, -0.15) is 8.78 Å². The smallest absolute Gasteiger partial charge is 0.409 e. The summed E-state index contributed by atoms with van der Waals surface area (Å²) in [5, 5.41) is 0. The minimum Gasteiger partial charge on any atom is -0.487 e. The Kier molecular flexibility index (Phi) is 4.35. The van der Waals surface area contributed by atoms with Crippen LogP contribution >= 0.6 is 0 Å². The van der Waals surface area contributed by atoms with E-state index >= 15 is 0 Å². The van der Waals surface area contributed by atoms with Gasteiger partial charge in [0, 0.05) is 0 Å². The quantitative estimate of drug-likeness (QED) is 0.833. The maximum atomic E-state index is 12.5. The summed E-state index contributed by atoms with van der Waals surface area (Å²) in [7, 11) is 0. The fraction of sp³-hybridized carbons (Fsp3) is 0.300. The minimum atomic E-state index is -4.22. The SMILES string of the molecule is NC(=O)Oc1ccc(OCC(F)(F)C(F)F)cc1. The fourth-order valence-corrected chi connectivity index (χ4v) is 0.963. The molecule has 4 nitrogen and oxygen atoms in total. The summed E-state index contributed by atoms with van der Waals surface area (Å²) in [4.78, 5) is 10.4. The first-order valence-corrected chi connectivity index (χ1v) is 4.67. The molecule has 0 aromatic heterocycles. The van der Waals surface area contributed by atoms with Crippen LogP contribution in [0.4, 0.5) is 22.4 Å². The van der Waals surface area contributed by atoms with Crippen molar-refractivity contribution in [2.45, 2.75) is 12.3 Å². The van der Waals surface area contributed by atoms with E-state index in [2.05, 4.69) is 9.47 Å². The van der Waals surface area contributed by atoms with Crippen molar-refractivity contribution in [1.82, 2.24) is 0 Å². The number of nitrogens with two attached hydrogens (primary N) is 1. The number of rotatable bonds is 5. The van der Waals surface area contributed by atoms with Gasteiger partial charge in [-0.15, -0.1) is 0 Å². The Morgan fingerprint density at radius 3 is 2.17 bits per heavy atom. The van der Waals surface area contributed by atoms with Crippen LogP contribution in [0.15, 0.2) is 24.3 Å². The summed E-state index contributed by atoms with van der Waals surface area (Å²) in [5.41, 5.74) is 4.74. The molecule has 0 aliphatic rings. The van der Waals surface area contributed by atoms with Crippen molar-refractivity contribution in [3.05, 3.63) is 24.3 Å². The van der Waals surface area contributed by atoms with Crippen LogP contribution in [0.25, 0.3) is 0 Å². The van der Waals surface area contributed by atoms with Crippen molar-refractivity contribution < 1.29 is 31.8 Å². The molecule has 0 atom stereocenters. The number of halogens is 4. The Morgan fingerprint density at radius 1 is 1.22 bits per heavy atom. The zero-order chi connectivity index (χ0) is 13.8. The molecule has 0 spiro atoms. The maximum Gasteiger partial charge on any atom is 0.409 e. The molecule has 18 heavy (non-hydrogen) atoms. The standard InChI is InChI=1S/C10H9F4NO3/c11-8(12)10(13,14)5-17-6-1-3-7(4-2-6)18-9(15)16/h1-4,8H,5H2,(H2,15,16). The van der Waals surface area contributed by atoms with Gasteiger partial charge in [0.05, 0.1) is 0 Å². The third-order valence-electron chi connectivity index (χ3n) is 1.79. The molecular weight excluding hydrogens is 258 g/mol. The van der Waals surface area contributed by atoms with Gasteiger partial charge in [-0.3, -0.25) is 0 Å². The van der Waals surface area contributed by atoms with Crippen molar-refractivity contribution in [1.29, 1.82) is 0 Å². The number of hydrogen-bond donors (Lipinski definition) is 1. The largest absolute Gasteiger partial charge is 0.487 e. The van der Waals surface area contributed by atoms with Gasteiger partial charge in [0.2, 0.25) is 0 Å². The zero-order valence-corrected chi connectivity index (χ0v) is 8.91. The van der Waals surface area contributed by atoms with Crippen LogP contribution < -0.4 is 15.2 Å². The number of hydrogen-bond acceptors (Lipinski definition) is 3. The van der Waals surface area contributed by atoms with E-state index in [4.69, 9.17) is 5.73 Å². The van der Waals surface area contributed by atoms with Crippen LogP contribution in [0.3, 0.4) is 0 Å².